The van der Waals surface area contributed by atoms with Crippen molar-refractivity contribution in [2.75, 3.05) is 24.7 Å². The van der Waals surface area contributed by atoms with Gasteiger partial charge >= 0.3 is 0 Å². The normalized spacial score (nSPS) is 17.2. The molecule has 3 N–H and O–H groups in total. The molecular weight excluding hydrogens is 262 g/mol. The lowest BCUT2D eigenvalue weighted by Gasteiger charge is -2.29. The first kappa shape index (κ1) is 14.1. The standard InChI is InChI=1S/C13H21N3O2S/c1-9(10-4-5-10)16(3)12-7-6-11(14)8-13(12)19(17,18)15-2/h6-10,15H,4-5,14H2,1-3H3. The molecule has 1 saturated carbocycles. The number of sulfonamides is 1. The molecule has 0 heterocycles. The topological polar surface area (TPSA) is 75.4 Å². The number of nitrogen functional groups attached to an aromatic ring is 1. The monoisotopic (exact) mass is 283 g/mol. The van der Waals surface area contributed by atoms with Gasteiger partial charge in [0.2, 0.25) is 10.0 Å². The van der Waals surface area contributed by atoms with Crippen LogP contribution in [0.3, 0.4) is 0 Å². The Morgan fingerprint density at radius 2 is 2.05 bits per heavy atom. The van der Waals surface area contributed by atoms with Gasteiger partial charge in [-0.05, 0) is 50.9 Å². The van der Waals surface area contributed by atoms with Gasteiger partial charge in [-0.1, -0.05) is 0 Å². The second-order valence-electron chi connectivity index (χ2n) is 5.12. The van der Waals surface area contributed by atoms with Crippen molar-refractivity contribution in [3.8, 4) is 0 Å². The van der Waals surface area contributed by atoms with Gasteiger partial charge in [-0.25, -0.2) is 13.1 Å². The molecule has 1 fully saturated rings. The number of hydrogen-bond acceptors (Lipinski definition) is 4. The summed E-state index contributed by atoms with van der Waals surface area (Å²) in [6, 6.07) is 5.35. The van der Waals surface area contributed by atoms with E-state index in [1.807, 2.05) is 11.9 Å². The number of rotatable bonds is 5. The SMILES string of the molecule is CNS(=O)(=O)c1cc(N)ccc1N(C)C(C)C1CC1. The van der Waals surface area contributed by atoms with Crippen molar-refractivity contribution in [2.45, 2.75) is 30.7 Å². The molecule has 1 unspecified atom stereocenters. The maximum Gasteiger partial charge on any atom is 0.242 e. The minimum atomic E-state index is -3.51. The number of nitrogens with zero attached hydrogens (tertiary/aromatic N) is 1. The molecule has 0 bridgehead atoms. The van der Waals surface area contributed by atoms with Crippen LogP contribution in [-0.4, -0.2) is 28.6 Å². The third-order valence-electron chi connectivity index (χ3n) is 3.84. The second kappa shape index (κ2) is 5.02. The molecule has 6 heteroatoms. The lowest BCUT2D eigenvalue weighted by molar-refractivity contribution is 0.582. The summed E-state index contributed by atoms with van der Waals surface area (Å²) in [5.74, 6) is 0.660. The fourth-order valence-electron chi connectivity index (χ4n) is 2.26. The first-order valence-corrected chi connectivity index (χ1v) is 7.91. The first-order valence-electron chi connectivity index (χ1n) is 6.42. The predicted octanol–water partition coefficient (Wildman–Crippen LogP) is 1.41. The van der Waals surface area contributed by atoms with Crippen molar-refractivity contribution in [3.63, 3.8) is 0 Å². The smallest absolute Gasteiger partial charge is 0.242 e. The van der Waals surface area contributed by atoms with Gasteiger partial charge in [0.15, 0.2) is 0 Å². The summed E-state index contributed by atoms with van der Waals surface area (Å²) >= 11 is 0. The van der Waals surface area contributed by atoms with E-state index >= 15 is 0 Å². The predicted molar refractivity (Wildman–Crippen MR) is 77.7 cm³/mol. The van der Waals surface area contributed by atoms with Crippen LogP contribution < -0.4 is 15.4 Å². The lowest BCUT2D eigenvalue weighted by Crippen LogP contribution is -2.32. The van der Waals surface area contributed by atoms with Crippen LogP contribution in [-0.2, 0) is 10.0 Å². The van der Waals surface area contributed by atoms with Gasteiger partial charge in [0, 0.05) is 18.8 Å². The highest BCUT2D eigenvalue weighted by Crippen LogP contribution is 2.38. The van der Waals surface area contributed by atoms with Crippen LogP contribution in [0.25, 0.3) is 0 Å². The van der Waals surface area contributed by atoms with Crippen LogP contribution >= 0.6 is 0 Å². The number of nitrogens with two attached hydrogens (primary N) is 1. The summed E-state index contributed by atoms with van der Waals surface area (Å²) in [5.41, 5.74) is 6.86. The Balaban J connectivity index is 2.44. The zero-order valence-corrected chi connectivity index (χ0v) is 12.4. The molecule has 0 radical (unpaired) electrons. The van der Waals surface area contributed by atoms with Crippen LogP contribution in [0.2, 0.25) is 0 Å². The second-order valence-corrected chi connectivity index (χ2v) is 6.98. The Hall–Kier alpha value is -1.27. The number of benzene rings is 1. The Bertz CT molecular complexity index is 567. The highest BCUT2D eigenvalue weighted by atomic mass is 32.2. The third-order valence-corrected chi connectivity index (χ3v) is 5.28. The van der Waals surface area contributed by atoms with Gasteiger partial charge < -0.3 is 10.6 Å². The molecule has 1 aliphatic carbocycles. The van der Waals surface area contributed by atoms with Gasteiger partial charge in [-0.2, -0.15) is 0 Å². The molecular formula is C13H21N3O2S. The summed E-state index contributed by atoms with van der Waals surface area (Å²) < 4.78 is 26.5. The van der Waals surface area contributed by atoms with Gasteiger partial charge in [0.05, 0.1) is 5.69 Å². The van der Waals surface area contributed by atoms with Crippen LogP contribution in [0, 0.1) is 5.92 Å². The summed E-state index contributed by atoms with van der Waals surface area (Å²) in [7, 11) is -0.164. The van der Waals surface area contributed by atoms with Crippen molar-refractivity contribution < 1.29 is 8.42 Å². The lowest BCUT2D eigenvalue weighted by atomic mass is 10.1. The average Bonchev–Trinajstić information content (AvgIpc) is 3.21. The molecule has 1 atom stereocenters. The van der Waals surface area contributed by atoms with E-state index in [-0.39, 0.29) is 4.90 Å². The zero-order chi connectivity index (χ0) is 14.2. The van der Waals surface area contributed by atoms with Gasteiger partial charge in [-0.15, -0.1) is 0 Å². The molecule has 19 heavy (non-hydrogen) atoms. The molecule has 1 aromatic carbocycles. The number of nitrogens with one attached hydrogen (secondary N) is 1. The third kappa shape index (κ3) is 2.84. The van der Waals surface area contributed by atoms with E-state index in [1.54, 1.807) is 12.1 Å². The number of hydrogen-bond donors (Lipinski definition) is 2. The highest BCUT2D eigenvalue weighted by molar-refractivity contribution is 7.89. The summed E-state index contributed by atoms with van der Waals surface area (Å²) in [4.78, 5) is 2.27. The maximum atomic E-state index is 12.1. The maximum absolute atomic E-state index is 12.1. The quantitative estimate of drug-likeness (QED) is 0.801. The minimum absolute atomic E-state index is 0.241. The van der Waals surface area contributed by atoms with Crippen LogP contribution in [0.15, 0.2) is 23.1 Å². The molecule has 0 aromatic heterocycles. The first-order chi connectivity index (χ1) is 8.86. The molecule has 1 aromatic rings. The summed E-state index contributed by atoms with van der Waals surface area (Å²) in [6.45, 7) is 2.13. The molecule has 0 amide bonds. The molecule has 5 nitrogen and oxygen atoms in total. The minimum Gasteiger partial charge on any atom is -0.399 e. The molecule has 0 aliphatic heterocycles. The largest absolute Gasteiger partial charge is 0.399 e. The van der Waals surface area contributed by atoms with Crippen molar-refractivity contribution >= 4 is 21.4 Å². The Morgan fingerprint density at radius 3 is 2.58 bits per heavy atom. The Kier molecular flexibility index (Phi) is 3.73. The van der Waals surface area contributed by atoms with E-state index in [1.165, 1.54) is 26.0 Å². The van der Waals surface area contributed by atoms with Crippen LogP contribution in [0.1, 0.15) is 19.8 Å². The van der Waals surface area contributed by atoms with Gasteiger partial charge in [0.1, 0.15) is 4.90 Å². The molecule has 0 spiro atoms. The van der Waals surface area contributed by atoms with E-state index in [0.29, 0.717) is 23.3 Å². The van der Waals surface area contributed by atoms with Gasteiger partial charge in [0.25, 0.3) is 0 Å². The average molecular weight is 283 g/mol. The van der Waals surface area contributed by atoms with E-state index in [4.69, 9.17) is 5.73 Å². The van der Waals surface area contributed by atoms with Crippen molar-refractivity contribution in [1.82, 2.24) is 4.72 Å². The zero-order valence-electron chi connectivity index (χ0n) is 11.6. The highest BCUT2D eigenvalue weighted by Gasteiger charge is 2.32. The fourth-order valence-corrected chi connectivity index (χ4v) is 3.26. The van der Waals surface area contributed by atoms with Crippen molar-refractivity contribution in [3.05, 3.63) is 18.2 Å². The van der Waals surface area contributed by atoms with E-state index < -0.39 is 10.0 Å². The van der Waals surface area contributed by atoms with Crippen LogP contribution in [0.4, 0.5) is 11.4 Å². The number of anilines is 2. The summed E-state index contributed by atoms with van der Waals surface area (Å²) in [6.07, 6.45) is 2.43. The molecule has 1 aliphatic rings. The molecule has 106 valence electrons. The van der Waals surface area contributed by atoms with Crippen LogP contribution in [0.5, 0.6) is 0 Å². The van der Waals surface area contributed by atoms with Crippen molar-refractivity contribution in [1.29, 1.82) is 0 Å². The van der Waals surface area contributed by atoms with Gasteiger partial charge in [-0.3, -0.25) is 0 Å². The van der Waals surface area contributed by atoms with E-state index in [9.17, 15) is 8.42 Å². The Labute approximate surface area is 114 Å². The fraction of sp³-hybridized carbons (Fsp3) is 0.538. The van der Waals surface area contributed by atoms with E-state index in [2.05, 4.69) is 11.6 Å². The summed E-state index contributed by atoms with van der Waals surface area (Å²) in [5, 5.41) is 0. The Morgan fingerprint density at radius 1 is 1.42 bits per heavy atom. The van der Waals surface area contributed by atoms with E-state index in [0.717, 1.165) is 0 Å². The van der Waals surface area contributed by atoms with Crippen molar-refractivity contribution in [2.24, 2.45) is 5.92 Å². The molecule has 0 saturated heterocycles. The molecule has 2 rings (SSSR count).